The van der Waals surface area contributed by atoms with Gasteiger partial charge in [-0.05, 0) is 54.7 Å². The Hall–Kier alpha value is -0.850. The van der Waals surface area contributed by atoms with Gasteiger partial charge in [0.1, 0.15) is 0 Å². The molecule has 2 rings (SSSR count). The van der Waals surface area contributed by atoms with Crippen molar-refractivity contribution in [3.8, 4) is 0 Å². The molecule has 1 aromatic rings. The maximum Gasteiger partial charge on any atom is 0.0407 e. The summed E-state index contributed by atoms with van der Waals surface area (Å²) in [5.74, 6) is 2.72. The summed E-state index contributed by atoms with van der Waals surface area (Å²) in [5.41, 5.74) is 4.25. The molecule has 2 unspecified atom stereocenters. The average molecular weight is 203 g/mol. The fourth-order valence-electron chi connectivity index (χ4n) is 2.63. The quantitative estimate of drug-likeness (QED) is 0.733. The first-order valence-electron chi connectivity index (χ1n) is 6.08. The molecular formula is C14H21N. The lowest BCUT2D eigenvalue weighted by atomic mass is 9.98. The maximum absolute atomic E-state index is 4.42. The lowest BCUT2D eigenvalue weighted by molar-refractivity contribution is 0.716. The third-order valence-electron chi connectivity index (χ3n) is 4.23. The van der Waals surface area contributed by atoms with Crippen LogP contribution in [0.2, 0.25) is 0 Å². The molecule has 0 aromatic carbocycles. The molecule has 1 heterocycles. The second-order valence-corrected chi connectivity index (χ2v) is 4.97. The Morgan fingerprint density at radius 3 is 2.47 bits per heavy atom. The van der Waals surface area contributed by atoms with E-state index in [0.717, 1.165) is 24.2 Å². The molecule has 0 spiro atoms. The van der Waals surface area contributed by atoms with Crippen LogP contribution in [0.3, 0.4) is 0 Å². The van der Waals surface area contributed by atoms with Crippen LogP contribution in [0.4, 0.5) is 0 Å². The Morgan fingerprint density at radius 1 is 1.27 bits per heavy atom. The van der Waals surface area contributed by atoms with Crippen molar-refractivity contribution in [2.45, 2.75) is 40.5 Å². The van der Waals surface area contributed by atoms with Crippen LogP contribution >= 0.6 is 0 Å². The zero-order chi connectivity index (χ0) is 11.0. The van der Waals surface area contributed by atoms with Crippen LogP contribution in [-0.4, -0.2) is 4.98 Å². The van der Waals surface area contributed by atoms with Crippen molar-refractivity contribution in [1.29, 1.82) is 0 Å². The summed E-state index contributed by atoms with van der Waals surface area (Å²) in [5, 5.41) is 0. The minimum absolute atomic E-state index is 0.901. The molecule has 0 amide bonds. The number of nitrogens with zero attached hydrogens (tertiary/aromatic N) is 1. The van der Waals surface area contributed by atoms with E-state index >= 15 is 0 Å². The van der Waals surface area contributed by atoms with Gasteiger partial charge in [0.25, 0.3) is 0 Å². The van der Waals surface area contributed by atoms with E-state index in [-0.39, 0.29) is 0 Å². The van der Waals surface area contributed by atoms with E-state index in [1.54, 1.807) is 0 Å². The van der Waals surface area contributed by atoms with Crippen molar-refractivity contribution < 1.29 is 0 Å². The predicted octanol–water partition coefficient (Wildman–Crippen LogP) is 3.40. The molecule has 1 fully saturated rings. The van der Waals surface area contributed by atoms with E-state index in [1.165, 1.54) is 23.2 Å². The van der Waals surface area contributed by atoms with Gasteiger partial charge >= 0.3 is 0 Å². The van der Waals surface area contributed by atoms with Crippen LogP contribution in [0.15, 0.2) is 12.3 Å². The van der Waals surface area contributed by atoms with Gasteiger partial charge in [0.2, 0.25) is 0 Å². The number of hydrogen-bond acceptors (Lipinski definition) is 1. The Labute approximate surface area is 92.9 Å². The van der Waals surface area contributed by atoms with E-state index in [2.05, 4.69) is 38.7 Å². The van der Waals surface area contributed by atoms with Crippen LogP contribution < -0.4 is 0 Å². The summed E-state index contributed by atoms with van der Waals surface area (Å²) < 4.78 is 0. The summed E-state index contributed by atoms with van der Waals surface area (Å²) >= 11 is 0. The lowest BCUT2D eigenvalue weighted by Crippen LogP contribution is -2.01. The lowest BCUT2D eigenvalue weighted by Gasteiger charge is -2.10. The van der Waals surface area contributed by atoms with Crippen LogP contribution in [0, 0.1) is 24.7 Å². The van der Waals surface area contributed by atoms with E-state index in [4.69, 9.17) is 0 Å². The van der Waals surface area contributed by atoms with Gasteiger partial charge < -0.3 is 0 Å². The van der Waals surface area contributed by atoms with Gasteiger partial charge in [0.15, 0.2) is 0 Å². The van der Waals surface area contributed by atoms with Crippen molar-refractivity contribution in [2.24, 2.45) is 17.8 Å². The molecule has 0 bridgehead atoms. The normalized spacial score (nSPS) is 29.2. The van der Waals surface area contributed by atoms with E-state index in [9.17, 15) is 0 Å². The summed E-state index contributed by atoms with van der Waals surface area (Å²) in [4.78, 5) is 4.42. The van der Waals surface area contributed by atoms with Crippen molar-refractivity contribution in [3.05, 3.63) is 29.1 Å². The summed E-state index contributed by atoms with van der Waals surface area (Å²) in [6, 6.07) is 2.18. The molecule has 1 saturated carbocycles. The first-order chi connectivity index (χ1) is 7.15. The highest BCUT2D eigenvalue weighted by molar-refractivity contribution is 5.30. The highest BCUT2D eigenvalue weighted by Gasteiger charge is 2.42. The molecular weight excluding hydrogens is 182 g/mol. The van der Waals surface area contributed by atoms with E-state index in [0.29, 0.717) is 0 Å². The van der Waals surface area contributed by atoms with Crippen molar-refractivity contribution in [1.82, 2.24) is 4.98 Å². The monoisotopic (exact) mass is 203 g/mol. The smallest absolute Gasteiger partial charge is 0.0407 e. The van der Waals surface area contributed by atoms with Gasteiger partial charge in [-0.1, -0.05) is 20.8 Å². The van der Waals surface area contributed by atoms with Crippen LogP contribution in [0.25, 0.3) is 0 Å². The third kappa shape index (κ3) is 1.92. The van der Waals surface area contributed by atoms with Gasteiger partial charge in [-0.15, -0.1) is 0 Å². The summed E-state index contributed by atoms with van der Waals surface area (Å²) in [7, 11) is 0. The van der Waals surface area contributed by atoms with Gasteiger partial charge in [0.05, 0.1) is 0 Å². The first kappa shape index (κ1) is 10.7. The van der Waals surface area contributed by atoms with Gasteiger partial charge in [-0.25, -0.2) is 0 Å². The second-order valence-electron chi connectivity index (χ2n) is 4.97. The zero-order valence-corrected chi connectivity index (χ0v) is 10.2. The highest BCUT2D eigenvalue weighted by atomic mass is 14.7. The molecule has 1 aliphatic rings. The fraction of sp³-hybridized carbons (Fsp3) is 0.643. The molecule has 1 nitrogen and oxygen atoms in total. The zero-order valence-electron chi connectivity index (χ0n) is 10.2. The Balaban J connectivity index is 2.20. The highest BCUT2D eigenvalue weighted by Crippen LogP contribution is 2.47. The molecule has 1 heteroatoms. The van der Waals surface area contributed by atoms with Crippen LogP contribution in [0.1, 0.15) is 37.6 Å². The minimum Gasteiger partial charge on any atom is -0.261 e. The summed E-state index contributed by atoms with van der Waals surface area (Å²) in [6.07, 6.45) is 4.32. The third-order valence-corrected chi connectivity index (χ3v) is 4.23. The van der Waals surface area contributed by atoms with Crippen molar-refractivity contribution in [3.63, 3.8) is 0 Å². The Bertz CT molecular complexity index is 348. The molecule has 82 valence electrons. The van der Waals surface area contributed by atoms with Crippen LogP contribution in [-0.2, 0) is 12.8 Å². The van der Waals surface area contributed by atoms with Crippen LogP contribution in [0.5, 0.6) is 0 Å². The van der Waals surface area contributed by atoms with E-state index in [1.807, 2.05) is 6.20 Å². The molecule has 0 saturated heterocycles. The SMILES string of the molecule is CCc1ccnc(C)c1CC1C(C)C1C. The molecule has 0 aliphatic heterocycles. The molecule has 1 aliphatic carbocycles. The average Bonchev–Trinajstić information content (AvgIpc) is 2.79. The molecule has 0 radical (unpaired) electrons. The number of aryl methyl sites for hydroxylation is 2. The van der Waals surface area contributed by atoms with E-state index < -0.39 is 0 Å². The fourth-order valence-corrected chi connectivity index (χ4v) is 2.63. The summed E-state index contributed by atoms with van der Waals surface area (Å²) in [6.45, 7) is 9.11. The van der Waals surface area contributed by atoms with Gasteiger partial charge in [-0.2, -0.15) is 0 Å². The maximum atomic E-state index is 4.42. The van der Waals surface area contributed by atoms with Crippen molar-refractivity contribution in [2.75, 3.05) is 0 Å². The number of rotatable bonds is 3. The van der Waals surface area contributed by atoms with Gasteiger partial charge in [-0.3, -0.25) is 4.98 Å². The minimum atomic E-state index is 0.901. The predicted molar refractivity (Wildman–Crippen MR) is 63.9 cm³/mol. The molecule has 2 atom stereocenters. The Morgan fingerprint density at radius 2 is 1.93 bits per heavy atom. The second kappa shape index (κ2) is 3.96. The van der Waals surface area contributed by atoms with Gasteiger partial charge in [0, 0.05) is 11.9 Å². The number of pyridine rings is 1. The Kier molecular flexibility index (Phi) is 2.81. The molecule has 15 heavy (non-hydrogen) atoms. The number of hydrogen-bond donors (Lipinski definition) is 0. The molecule has 1 aromatic heterocycles. The van der Waals surface area contributed by atoms with Crippen molar-refractivity contribution >= 4 is 0 Å². The first-order valence-corrected chi connectivity index (χ1v) is 6.08. The standard InChI is InChI=1S/C14H21N/c1-5-12-6-7-15-11(4)14(12)8-13-9(2)10(13)3/h6-7,9-10,13H,5,8H2,1-4H3. The largest absolute Gasteiger partial charge is 0.261 e. The number of aromatic nitrogens is 1. The molecule has 0 N–H and O–H groups in total. The topological polar surface area (TPSA) is 12.9 Å².